The SMILES string of the molecule is CC1(C)Cc2c(sc(NC(=O)N3CCN(CCO)CC3)c2C#N)CO1. The number of fused-ring (bicyclic) bond motifs is 1. The average molecular weight is 364 g/mol. The molecule has 136 valence electrons. The first-order valence-electron chi connectivity index (χ1n) is 8.51. The lowest BCUT2D eigenvalue weighted by molar-refractivity contribution is -0.0383. The molecule has 0 saturated carbocycles. The molecule has 0 bridgehead atoms. The molecule has 0 radical (unpaired) electrons. The zero-order valence-corrected chi connectivity index (χ0v) is 15.5. The van der Waals surface area contributed by atoms with Gasteiger partial charge in [0, 0.05) is 44.0 Å². The number of nitrogens with zero attached hydrogens (tertiary/aromatic N) is 3. The van der Waals surface area contributed by atoms with E-state index in [0.717, 1.165) is 23.5 Å². The highest BCUT2D eigenvalue weighted by Crippen LogP contribution is 2.40. The Kier molecular flexibility index (Phi) is 5.29. The number of carbonyl (C=O) groups excluding carboxylic acids is 1. The number of aliphatic hydroxyl groups excluding tert-OH is 1. The number of thiophene rings is 1. The highest BCUT2D eigenvalue weighted by Gasteiger charge is 2.32. The second-order valence-electron chi connectivity index (χ2n) is 7.03. The molecule has 8 heteroatoms. The summed E-state index contributed by atoms with van der Waals surface area (Å²) in [5, 5.41) is 22.1. The lowest BCUT2D eigenvalue weighted by atomic mass is 9.93. The van der Waals surface area contributed by atoms with Gasteiger partial charge in [-0.3, -0.25) is 10.2 Å². The lowest BCUT2D eigenvalue weighted by Crippen LogP contribution is -2.50. The Balaban J connectivity index is 1.69. The minimum Gasteiger partial charge on any atom is -0.395 e. The van der Waals surface area contributed by atoms with E-state index >= 15 is 0 Å². The van der Waals surface area contributed by atoms with E-state index in [0.29, 0.717) is 43.2 Å². The third-order valence-electron chi connectivity index (χ3n) is 4.70. The summed E-state index contributed by atoms with van der Waals surface area (Å²) in [6, 6.07) is 2.09. The number of urea groups is 1. The van der Waals surface area contributed by atoms with E-state index in [4.69, 9.17) is 9.84 Å². The maximum atomic E-state index is 12.6. The number of ether oxygens (including phenoxy) is 1. The van der Waals surface area contributed by atoms with Crippen LogP contribution in [-0.2, 0) is 17.8 Å². The number of hydrogen-bond donors (Lipinski definition) is 2. The molecule has 2 aliphatic heterocycles. The lowest BCUT2D eigenvalue weighted by Gasteiger charge is -2.34. The summed E-state index contributed by atoms with van der Waals surface area (Å²) in [6.45, 7) is 8.03. The Morgan fingerprint density at radius 1 is 1.40 bits per heavy atom. The van der Waals surface area contributed by atoms with Crippen LogP contribution in [0.4, 0.5) is 9.80 Å². The molecule has 1 aromatic heterocycles. The predicted octanol–water partition coefficient (Wildman–Crippen LogP) is 1.61. The minimum absolute atomic E-state index is 0.136. The van der Waals surface area contributed by atoms with E-state index in [9.17, 15) is 10.1 Å². The van der Waals surface area contributed by atoms with Gasteiger partial charge >= 0.3 is 6.03 Å². The highest BCUT2D eigenvalue weighted by molar-refractivity contribution is 7.16. The van der Waals surface area contributed by atoms with E-state index < -0.39 is 0 Å². The molecular weight excluding hydrogens is 340 g/mol. The van der Waals surface area contributed by atoms with Gasteiger partial charge in [0.1, 0.15) is 11.1 Å². The van der Waals surface area contributed by atoms with Crippen LogP contribution in [0.5, 0.6) is 0 Å². The van der Waals surface area contributed by atoms with Gasteiger partial charge in [-0.2, -0.15) is 5.26 Å². The Labute approximate surface area is 151 Å². The van der Waals surface area contributed by atoms with E-state index in [2.05, 4.69) is 16.3 Å². The number of anilines is 1. The summed E-state index contributed by atoms with van der Waals surface area (Å²) in [7, 11) is 0. The molecule has 0 aliphatic carbocycles. The fourth-order valence-corrected chi connectivity index (χ4v) is 4.32. The van der Waals surface area contributed by atoms with Crippen LogP contribution in [0.15, 0.2) is 0 Å². The average Bonchev–Trinajstić information content (AvgIpc) is 2.90. The number of hydrogen-bond acceptors (Lipinski definition) is 6. The van der Waals surface area contributed by atoms with Crippen LogP contribution >= 0.6 is 11.3 Å². The standard InChI is InChI=1S/C17H24N4O3S/c1-17(2)9-12-13(10-18)15(25-14(12)11-24-17)19-16(23)21-5-3-20(4-6-21)7-8-22/h22H,3-9,11H2,1-2H3,(H,19,23). The summed E-state index contributed by atoms with van der Waals surface area (Å²) < 4.78 is 5.81. The first-order valence-corrected chi connectivity index (χ1v) is 9.33. The molecule has 1 fully saturated rings. The molecule has 25 heavy (non-hydrogen) atoms. The monoisotopic (exact) mass is 364 g/mol. The van der Waals surface area contributed by atoms with Crippen molar-refractivity contribution < 1.29 is 14.6 Å². The Morgan fingerprint density at radius 3 is 2.76 bits per heavy atom. The fourth-order valence-electron chi connectivity index (χ4n) is 3.25. The van der Waals surface area contributed by atoms with Crippen molar-refractivity contribution in [3.05, 3.63) is 16.0 Å². The quantitative estimate of drug-likeness (QED) is 0.851. The normalized spacial score (nSPS) is 20.0. The molecule has 0 aromatic carbocycles. The number of carbonyl (C=O) groups is 1. The number of nitriles is 1. The van der Waals surface area contributed by atoms with Crippen molar-refractivity contribution in [3.8, 4) is 6.07 Å². The molecule has 0 unspecified atom stereocenters. The number of amides is 2. The van der Waals surface area contributed by atoms with Gasteiger partial charge in [0.2, 0.25) is 0 Å². The van der Waals surface area contributed by atoms with Crippen molar-refractivity contribution >= 4 is 22.4 Å². The fraction of sp³-hybridized carbons (Fsp3) is 0.647. The third-order valence-corrected chi connectivity index (χ3v) is 5.82. The van der Waals surface area contributed by atoms with E-state index in [1.54, 1.807) is 4.90 Å². The number of β-amino-alcohol motifs (C(OH)–C–C–N with tert-alkyl or cyclic N) is 1. The first-order chi connectivity index (χ1) is 11.9. The molecule has 1 saturated heterocycles. The van der Waals surface area contributed by atoms with Crippen LogP contribution in [-0.4, -0.2) is 65.9 Å². The topological polar surface area (TPSA) is 88.8 Å². The van der Waals surface area contributed by atoms with Crippen molar-refractivity contribution in [2.45, 2.75) is 32.5 Å². The van der Waals surface area contributed by atoms with Crippen LogP contribution in [0.2, 0.25) is 0 Å². The zero-order valence-electron chi connectivity index (χ0n) is 14.7. The van der Waals surface area contributed by atoms with Crippen LogP contribution in [0, 0.1) is 11.3 Å². The third kappa shape index (κ3) is 3.96. The minimum atomic E-state index is -0.288. The molecule has 2 aliphatic rings. The molecule has 2 amide bonds. The van der Waals surface area contributed by atoms with Crippen LogP contribution in [0.25, 0.3) is 0 Å². The molecule has 3 rings (SSSR count). The van der Waals surface area contributed by atoms with Gasteiger partial charge in [-0.15, -0.1) is 11.3 Å². The van der Waals surface area contributed by atoms with Gasteiger partial charge in [0.05, 0.1) is 24.4 Å². The van der Waals surface area contributed by atoms with Gasteiger partial charge in [-0.05, 0) is 19.4 Å². The molecule has 2 N–H and O–H groups in total. The largest absolute Gasteiger partial charge is 0.395 e. The summed E-state index contributed by atoms with van der Waals surface area (Å²) in [4.78, 5) is 17.5. The highest BCUT2D eigenvalue weighted by atomic mass is 32.1. The Bertz CT molecular complexity index is 687. The zero-order chi connectivity index (χ0) is 18.0. The molecule has 7 nitrogen and oxygen atoms in total. The smallest absolute Gasteiger partial charge is 0.322 e. The number of rotatable bonds is 3. The summed E-state index contributed by atoms with van der Waals surface area (Å²) in [5.41, 5.74) is 1.29. The van der Waals surface area contributed by atoms with Crippen molar-refractivity contribution in [1.82, 2.24) is 9.80 Å². The second kappa shape index (κ2) is 7.30. The van der Waals surface area contributed by atoms with Crippen LogP contribution in [0.1, 0.15) is 29.9 Å². The summed E-state index contributed by atoms with van der Waals surface area (Å²) in [5.74, 6) is 0. The Hall–Kier alpha value is -1.66. The van der Waals surface area contributed by atoms with Crippen molar-refractivity contribution in [3.63, 3.8) is 0 Å². The number of piperazine rings is 1. The number of nitrogens with one attached hydrogen (secondary N) is 1. The predicted molar refractivity (Wildman–Crippen MR) is 95.7 cm³/mol. The van der Waals surface area contributed by atoms with Crippen molar-refractivity contribution in [2.75, 3.05) is 44.6 Å². The van der Waals surface area contributed by atoms with Gasteiger partial charge in [-0.25, -0.2) is 4.79 Å². The van der Waals surface area contributed by atoms with Crippen LogP contribution in [0.3, 0.4) is 0 Å². The summed E-state index contributed by atoms with van der Waals surface area (Å²) >= 11 is 1.44. The first kappa shape index (κ1) is 18.1. The molecule has 1 aromatic rings. The van der Waals surface area contributed by atoms with Gasteiger partial charge < -0.3 is 14.7 Å². The maximum absolute atomic E-state index is 12.6. The molecule has 0 atom stereocenters. The van der Waals surface area contributed by atoms with Crippen LogP contribution < -0.4 is 5.32 Å². The van der Waals surface area contributed by atoms with E-state index in [1.165, 1.54) is 11.3 Å². The summed E-state index contributed by atoms with van der Waals surface area (Å²) in [6.07, 6.45) is 0.678. The number of aliphatic hydroxyl groups is 1. The second-order valence-corrected chi connectivity index (χ2v) is 8.13. The van der Waals surface area contributed by atoms with E-state index in [1.807, 2.05) is 13.8 Å². The van der Waals surface area contributed by atoms with Crippen molar-refractivity contribution in [2.24, 2.45) is 0 Å². The maximum Gasteiger partial charge on any atom is 0.322 e. The Morgan fingerprint density at radius 2 is 2.12 bits per heavy atom. The molecule has 0 spiro atoms. The van der Waals surface area contributed by atoms with Gasteiger partial charge in [-0.1, -0.05) is 0 Å². The molecular formula is C17H24N4O3S. The molecule has 3 heterocycles. The van der Waals surface area contributed by atoms with Gasteiger partial charge in [0.15, 0.2) is 0 Å². The van der Waals surface area contributed by atoms with E-state index in [-0.39, 0.29) is 18.2 Å². The van der Waals surface area contributed by atoms with Gasteiger partial charge in [0.25, 0.3) is 0 Å². The van der Waals surface area contributed by atoms with Crippen molar-refractivity contribution in [1.29, 1.82) is 5.26 Å².